The van der Waals surface area contributed by atoms with Gasteiger partial charge in [0.1, 0.15) is 11.5 Å². The third-order valence-electron chi connectivity index (χ3n) is 4.76. The van der Waals surface area contributed by atoms with Crippen LogP contribution in [0.2, 0.25) is 0 Å². The number of rotatable bonds is 9. The van der Waals surface area contributed by atoms with Gasteiger partial charge in [-0.1, -0.05) is 25.3 Å². The van der Waals surface area contributed by atoms with Crippen molar-refractivity contribution < 1.29 is 18.7 Å². The Labute approximate surface area is 184 Å². The van der Waals surface area contributed by atoms with Gasteiger partial charge in [-0.3, -0.25) is 4.79 Å². The van der Waals surface area contributed by atoms with Crippen LogP contribution in [0, 0.1) is 5.82 Å². The van der Waals surface area contributed by atoms with Crippen molar-refractivity contribution in [1.29, 1.82) is 0 Å². The first kappa shape index (κ1) is 22.2. The topological polar surface area (TPSA) is 59.9 Å². The second-order valence-electron chi connectivity index (χ2n) is 6.73. The molecular weight excluding hydrogens is 415 g/mol. The van der Waals surface area contributed by atoms with Crippen molar-refractivity contribution in [2.75, 3.05) is 20.8 Å². The molecule has 0 aliphatic heterocycles. The Morgan fingerprint density at radius 2 is 1.90 bits per heavy atom. The number of fused-ring (bicyclic) bond motifs is 1. The molecule has 7 heteroatoms. The average molecular weight is 439 g/mol. The smallest absolute Gasteiger partial charge is 0.199 e. The van der Waals surface area contributed by atoms with E-state index in [0.717, 1.165) is 16.5 Å². The maximum atomic E-state index is 13.9. The van der Waals surface area contributed by atoms with Gasteiger partial charge in [0.05, 0.1) is 25.5 Å². The second-order valence-corrected chi connectivity index (χ2v) is 7.61. The summed E-state index contributed by atoms with van der Waals surface area (Å²) in [5.41, 5.74) is 2.83. The Kier molecular flexibility index (Phi) is 6.87. The number of hydrogen-bond donors (Lipinski definition) is 1. The number of carbonyl (C=O) groups is 1. The fourth-order valence-electron chi connectivity index (χ4n) is 3.04. The predicted octanol–water partition coefficient (Wildman–Crippen LogP) is 5.21. The quantitative estimate of drug-likeness (QED) is 0.368. The van der Waals surface area contributed by atoms with Crippen LogP contribution in [0.1, 0.15) is 18.1 Å². The van der Waals surface area contributed by atoms with Gasteiger partial charge in [0, 0.05) is 33.3 Å². The number of methoxy groups -OCH3 is 2. The van der Waals surface area contributed by atoms with Crippen LogP contribution in [-0.4, -0.2) is 32.3 Å². The molecule has 160 valence electrons. The third kappa shape index (κ3) is 4.83. The molecule has 0 atom stereocenters. The van der Waals surface area contributed by atoms with Gasteiger partial charge in [0.15, 0.2) is 17.3 Å². The lowest BCUT2D eigenvalue weighted by Gasteiger charge is -2.13. The minimum absolute atomic E-state index is 0.0121. The number of nitrogens with zero attached hydrogens (tertiary/aromatic N) is 1. The normalized spacial score (nSPS) is 11.3. The van der Waals surface area contributed by atoms with Crippen molar-refractivity contribution >= 4 is 38.6 Å². The van der Waals surface area contributed by atoms with Gasteiger partial charge in [-0.15, -0.1) is 11.3 Å². The van der Waals surface area contributed by atoms with Crippen LogP contribution in [-0.2, 0) is 4.79 Å². The van der Waals surface area contributed by atoms with Crippen LogP contribution < -0.4 is 14.8 Å². The first-order chi connectivity index (χ1) is 14.8. The first-order valence-electron chi connectivity index (χ1n) is 9.44. The lowest BCUT2D eigenvalue weighted by Crippen LogP contribution is -2.22. The van der Waals surface area contributed by atoms with Gasteiger partial charge in [0.2, 0.25) is 0 Å². The first-order valence-corrected chi connectivity index (χ1v) is 10.3. The second kappa shape index (κ2) is 9.57. The van der Waals surface area contributed by atoms with Crippen molar-refractivity contribution in [2.24, 2.45) is 4.99 Å². The highest BCUT2D eigenvalue weighted by molar-refractivity contribution is 7.17. The molecule has 2 aromatic carbocycles. The minimum Gasteiger partial charge on any atom is -0.493 e. The van der Waals surface area contributed by atoms with Crippen molar-refractivity contribution in [1.82, 2.24) is 5.32 Å². The van der Waals surface area contributed by atoms with Crippen LogP contribution in [0.15, 0.2) is 65.6 Å². The Morgan fingerprint density at radius 1 is 1.16 bits per heavy atom. The molecule has 1 heterocycles. The largest absolute Gasteiger partial charge is 0.493 e. The molecule has 0 aliphatic carbocycles. The van der Waals surface area contributed by atoms with Gasteiger partial charge < -0.3 is 14.8 Å². The van der Waals surface area contributed by atoms with Crippen molar-refractivity contribution in [2.45, 2.75) is 6.92 Å². The van der Waals surface area contributed by atoms with E-state index in [2.05, 4.69) is 23.5 Å². The Morgan fingerprint density at radius 3 is 2.61 bits per heavy atom. The monoisotopic (exact) mass is 438 g/mol. The summed E-state index contributed by atoms with van der Waals surface area (Å²) < 4.78 is 25.0. The molecule has 0 aliphatic rings. The lowest BCUT2D eigenvalue weighted by molar-refractivity contribution is -0.114. The zero-order chi connectivity index (χ0) is 22.5. The van der Waals surface area contributed by atoms with E-state index < -0.39 is 0 Å². The van der Waals surface area contributed by atoms with Crippen molar-refractivity contribution in [3.05, 3.63) is 77.6 Å². The van der Waals surface area contributed by atoms with E-state index in [1.165, 1.54) is 17.4 Å². The number of hydrogen-bond acceptors (Lipinski definition) is 6. The van der Waals surface area contributed by atoms with Gasteiger partial charge >= 0.3 is 0 Å². The summed E-state index contributed by atoms with van der Waals surface area (Å²) >= 11 is 1.31. The molecule has 1 N–H and O–H groups in total. The zero-order valence-electron chi connectivity index (χ0n) is 17.6. The number of ether oxygens (including phenoxy) is 2. The van der Waals surface area contributed by atoms with E-state index in [1.54, 1.807) is 39.3 Å². The van der Waals surface area contributed by atoms with Crippen LogP contribution in [0.3, 0.4) is 0 Å². The summed E-state index contributed by atoms with van der Waals surface area (Å²) in [5.74, 6) is 0.633. The van der Waals surface area contributed by atoms with Crippen molar-refractivity contribution in [3.8, 4) is 11.5 Å². The highest BCUT2D eigenvalue weighted by Crippen LogP contribution is 2.30. The van der Waals surface area contributed by atoms with Crippen LogP contribution in [0.25, 0.3) is 15.8 Å². The Balaban J connectivity index is 1.67. The number of nitrogens with one attached hydrogen (secondary N) is 1. The number of carbonyl (C=O) groups excluding carboxylic acids is 1. The lowest BCUT2D eigenvalue weighted by atomic mass is 10.1. The molecule has 5 nitrogen and oxygen atoms in total. The van der Waals surface area contributed by atoms with Gasteiger partial charge in [-0.05, 0) is 31.2 Å². The fraction of sp³-hybridized carbons (Fsp3) is 0.167. The third-order valence-corrected chi connectivity index (χ3v) is 5.76. The molecule has 0 amide bonds. The van der Waals surface area contributed by atoms with Crippen LogP contribution in [0.4, 0.5) is 4.39 Å². The maximum absolute atomic E-state index is 13.9. The minimum atomic E-state index is -0.272. The average Bonchev–Trinajstić information content (AvgIpc) is 3.22. The maximum Gasteiger partial charge on any atom is 0.199 e. The zero-order valence-corrected chi connectivity index (χ0v) is 18.4. The highest BCUT2D eigenvalue weighted by Gasteiger charge is 2.13. The summed E-state index contributed by atoms with van der Waals surface area (Å²) in [6, 6.07) is 10.3. The predicted molar refractivity (Wildman–Crippen MR) is 125 cm³/mol. The van der Waals surface area contributed by atoms with E-state index in [1.807, 2.05) is 17.5 Å². The molecule has 0 bridgehead atoms. The molecule has 0 saturated carbocycles. The molecule has 1 aromatic heterocycles. The van der Waals surface area contributed by atoms with Crippen molar-refractivity contribution in [3.63, 3.8) is 0 Å². The SMILES string of the molecule is C=C(/N=C(\C)c1csc2c(F)cccc12)C(=O)CNC(=C)c1ccc(OC)c(OC)c1. The van der Waals surface area contributed by atoms with Gasteiger partial charge in [0.25, 0.3) is 0 Å². The van der Waals surface area contributed by atoms with E-state index in [9.17, 15) is 9.18 Å². The molecular formula is C24H23FN2O3S. The molecule has 3 rings (SSSR count). The number of benzene rings is 2. The molecule has 0 radical (unpaired) electrons. The van der Waals surface area contributed by atoms with E-state index in [-0.39, 0.29) is 23.8 Å². The van der Waals surface area contributed by atoms with E-state index in [0.29, 0.717) is 27.6 Å². The number of halogens is 1. The molecule has 0 fully saturated rings. The number of thiophene rings is 1. The summed E-state index contributed by atoms with van der Waals surface area (Å²) in [5, 5.41) is 5.60. The molecule has 3 aromatic rings. The highest BCUT2D eigenvalue weighted by atomic mass is 32.1. The van der Waals surface area contributed by atoms with E-state index >= 15 is 0 Å². The summed E-state index contributed by atoms with van der Waals surface area (Å²) in [4.78, 5) is 16.9. The van der Waals surface area contributed by atoms with Gasteiger partial charge in [-0.2, -0.15) is 0 Å². The Bertz CT molecular complexity index is 1200. The van der Waals surface area contributed by atoms with Gasteiger partial charge in [-0.25, -0.2) is 9.38 Å². The van der Waals surface area contributed by atoms with Crippen LogP contribution in [0.5, 0.6) is 11.5 Å². The molecule has 0 unspecified atom stereocenters. The summed E-state index contributed by atoms with van der Waals surface area (Å²) in [6.07, 6.45) is 0. The Hall–Kier alpha value is -3.45. The molecule has 0 saturated heterocycles. The summed E-state index contributed by atoms with van der Waals surface area (Å²) in [6.45, 7) is 9.53. The number of ketones is 1. The number of Topliss-reactive ketones (excluding diaryl/α,β-unsaturated/α-hetero) is 1. The molecule has 0 spiro atoms. The standard InChI is InChI=1S/C24H23FN2O3S/c1-14(17-9-10-22(29-4)23(11-17)30-5)26-12-21(28)16(3)27-15(2)19-13-31-24-18(19)7-6-8-20(24)25/h6-11,13,26H,1,3,12H2,2,4-5H3/b27-15+. The van der Waals surface area contributed by atoms with E-state index in [4.69, 9.17) is 9.47 Å². The fourth-order valence-corrected chi connectivity index (χ4v) is 4.06. The molecule has 31 heavy (non-hydrogen) atoms. The summed E-state index contributed by atoms with van der Waals surface area (Å²) in [7, 11) is 3.11. The van der Waals surface area contributed by atoms with Crippen LogP contribution >= 0.6 is 11.3 Å². The number of aliphatic imine (C=N–C) groups is 1.